The maximum absolute atomic E-state index is 13.5. The third kappa shape index (κ3) is 5.70. The molecule has 1 aromatic heterocycles. The molecule has 0 bridgehead atoms. The normalized spacial score (nSPS) is 12.1. The van der Waals surface area contributed by atoms with E-state index >= 15 is 0 Å². The van der Waals surface area contributed by atoms with Crippen LogP contribution in [-0.4, -0.2) is 31.2 Å². The number of methoxy groups -OCH3 is 2. The Hall–Kier alpha value is -3.80. The lowest BCUT2D eigenvalue weighted by Crippen LogP contribution is -2.28. The van der Waals surface area contributed by atoms with Gasteiger partial charge < -0.3 is 19.4 Å². The Labute approximate surface area is 211 Å². The third-order valence-corrected chi connectivity index (χ3v) is 6.37. The largest absolute Gasteiger partial charge is 0.493 e. The molecule has 0 fully saturated rings. The second-order valence-corrected chi connectivity index (χ2v) is 9.43. The number of amides is 1. The number of ether oxygens (including phenoxy) is 2. The number of hydrogen-bond acceptors (Lipinski definition) is 3. The number of para-hydroxylation sites is 1. The number of fused-ring (bicyclic) bond motifs is 1. The number of carbonyl (C=O) groups excluding carboxylic acids is 1. The summed E-state index contributed by atoms with van der Waals surface area (Å²) in [6, 6.07) is 20.6. The molecule has 0 spiro atoms. The molecular formula is C30H33FN2O3. The van der Waals surface area contributed by atoms with Gasteiger partial charge >= 0.3 is 0 Å². The van der Waals surface area contributed by atoms with Crippen molar-refractivity contribution in [2.75, 3.05) is 20.8 Å². The maximum Gasteiger partial charge on any atom is 0.220 e. The Morgan fingerprint density at radius 2 is 1.69 bits per heavy atom. The number of hydrogen-bond donors (Lipinski definition) is 1. The number of benzene rings is 3. The summed E-state index contributed by atoms with van der Waals surface area (Å²) in [5, 5.41) is 4.15. The first-order chi connectivity index (χ1) is 17.4. The van der Waals surface area contributed by atoms with Crippen LogP contribution in [0, 0.1) is 11.7 Å². The number of halogens is 1. The summed E-state index contributed by atoms with van der Waals surface area (Å²) < 4.78 is 26.6. The first-order valence-electron chi connectivity index (χ1n) is 12.2. The van der Waals surface area contributed by atoms with Gasteiger partial charge in [0, 0.05) is 42.5 Å². The molecule has 4 aromatic rings. The van der Waals surface area contributed by atoms with E-state index in [1.807, 2.05) is 30.3 Å². The molecule has 1 atom stereocenters. The number of nitrogens with zero attached hydrogens (tertiary/aromatic N) is 1. The van der Waals surface area contributed by atoms with Crippen LogP contribution in [0.1, 0.15) is 42.9 Å². The molecule has 0 saturated carbocycles. The molecule has 1 amide bonds. The summed E-state index contributed by atoms with van der Waals surface area (Å²) in [5.74, 6) is 1.18. The zero-order valence-corrected chi connectivity index (χ0v) is 21.3. The van der Waals surface area contributed by atoms with Crippen LogP contribution in [0.2, 0.25) is 0 Å². The third-order valence-electron chi connectivity index (χ3n) is 6.37. The van der Waals surface area contributed by atoms with E-state index in [1.54, 1.807) is 26.4 Å². The van der Waals surface area contributed by atoms with Gasteiger partial charge in [-0.2, -0.15) is 0 Å². The van der Waals surface area contributed by atoms with E-state index in [4.69, 9.17) is 9.47 Å². The quantitative estimate of drug-likeness (QED) is 0.292. The van der Waals surface area contributed by atoms with Gasteiger partial charge in [0.15, 0.2) is 11.5 Å². The van der Waals surface area contributed by atoms with E-state index in [0.717, 1.165) is 27.6 Å². The highest BCUT2D eigenvalue weighted by atomic mass is 19.1. The van der Waals surface area contributed by atoms with Gasteiger partial charge in [0.1, 0.15) is 5.82 Å². The fourth-order valence-electron chi connectivity index (χ4n) is 4.52. The van der Waals surface area contributed by atoms with E-state index in [1.165, 1.54) is 12.1 Å². The SMILES string of the molecule is COc1ccc([C@@H](CC(=O)NCC(C)C)c2cn(Cc3ccc(F)cc3)c3ccccc23)cc1OC. The Morgan fingerprint density at radius 1 is 0.972 bits per heavy atom. The van der Waals surface area contributed by atoms with E-state index in [2.05, 4.69) is 42.1 Å². The number of aromatic nitrogens is 1. The second-order valence-electron chi connectivity index (χ2n) is 9.43. The van der Waals surface area contributed by atoms with Crippen molar-refractivity contribution in [1.82, 2.24) is 9.88 Å². The molecule has 3 aromatic carbocycles. The summed E-state index contributed by atoms with van der Waals surface area (Å²) in [5.41, 5.74) is 4.09. The van der Waals surface area contributed by atoms with E-state index in [-0.39, 0.29) is 17.6 Å². The Bertz CT molecular complexity index is 1330. The van der Waals surface area contributed by atoms with Gasteiger partial charge in [-0.1, -0.05) is 50.2 Å². The monoisotopic (exact) mass is 488 g/mol. The molecule has 0 aliphatic heterocycles. The first kappa shape index (κ1) is 25.3. The van der Waals surface area contributed by atoms with Gasteiger partial charge in [0.25, 0.3) is 0 Å². The minimum atomic E-state index is -0.252. The van der Waals surface area contributed by atoms with Crippen LogP contribution in [0.4, 0.5) is 4.39 Å². The predicted molar refractivity (Wildman–Crippen MR) is 141 cm³/mol. The summed E-state index contributed by atoms with van der Waals surface area (Å²) in [7, 11) is 3.22. The Kier molecular flexibility index (Phi) is 7.93. The fourth-order valence-corrected chi connectivity index (χ4v) is 4.52. The lowest BCUT2D eigenvalue weighted by molar-refractivity contribution is -0.121. The molecule has 188 valence electrons. The van der Waals surface area contributed by atoms with Crippen LogP contribution in [0.25, 0.3) is 10.9 Å². The van der Waals surface area contributed by atoms with Crippen LogP contribution in [0.3, 0.4) is 0 Å². The molecule has 0 unspecified atom stereocenters. The Morgan fingerprint density at radius 3 is 2.39 bits per heavy atom. The van der Waals surface area contributed by atoms with Gasteiger partial charge in [-0.25, -0.2) is 4.39 Å². The van der Waals surface area contributed by atoms with Crippen LogP contribution in [0.15, 0.2) is 72.9 Å². The molecule has 4 rings (SSSR count). The number of carbonyl (C=O) groups is 1. The van der Waals surface area contributed by atoms with Crippen molar-refractivity contribution in [3.8, 4) is 11.5 Å². The number of nitrogens with one attached hydrogen (secondary N) is 1. The molecular weight excluding hydrogens is 455 g/mol. The highest BCUT2D eigenvalue weighted by molar-refractivity contribution is 5.87. The van der Waals surface area contributed by atoms with Crippen LogP contribution in [-0.2, 0) is 11.3 Å². The average Bonchev–Trinajstić information content (AvgIpc) is 3.25. The highest BCUT2D eigenvalue weighted by Crippen LogP contribution is 2.38. The van der Waals surface area contributed by atoms with Crippen LogP contribution < -0.4 is 14.8 Å². The molecule has 36 heavy (non-hydrogen) atoms. The van der Waals surface area contributed by atoms with Gasteiger partial charge in [-0.05, 0) is 52.9 Å². The van der Waals surface area contributed by atoms with Crippen molar-refractivity contribution in [1.29, 1.82) is 0 Å². The summed E-state index contributed by atoms with van der Waals surface area (Å²) in [4.78, 5) is 13.0. The molecule has 1 heterocycles. The van der Waals surface area contributed by atoms with E-state index in [0.29, 0.717) is 36.9 Å². The molecule has 1 N–H and O–H groups in total. The number of rotatable bonds is 10. The molecule has 0 saturated heterocycles. The maximum atomic E-state index is 13.5. The second kappa shape index (κ2) is 11.3. The van der Waals surface area contributed by atoms with Crippen molar-refractivity contribution in [3.05, 3.63) is 95.4 Å². The summed E-state index contributed by atoms with van der Waals surface area (Å²) in [6.07, 6.45) is 2.41. The van der Waals surface area contributed by atoms with Crippen molar-refractivity contribution in [3.63, 3.8) is 0 Å². The van der Waals surface area contributed by atoms with Crippen molar-refractivity contribution < 1.29 is 18.7 Å². The lowest BCUT2D eigenvalue weighted by atomic mass is 9.87. The van der Waals surface area contributed by atoms with Crippen molar-refractivity contribution in [2.45, 2.75) is 32.7 Å². The lowest BCUT2D eigenvalue weighted by Gasteiger charge is -2.19. The average molecular weight is 489 g/mol. The van der Waals surface area contributed by atoms with Crippen LogP contribution in [0.5, 0.6) is 11.5 Å². The van der Waals surface area contributed by atoms with Gasteiger partial charge in [0.2, 0.25) is 5.91 Å². The smallest absolute Gasteiger partial charge is 0.220 e. The van der Waals surface area contributed by atoms with Crippen molar-refractivity contribution in [2.24, 2.45) is 5.92 Å². The van der Waals surface area contributed by atoms with Crippen molar-refractivity contribution >= 4 is 16.8 Å². The summed E-state index contributed by atoms with van der Waals surface area (Å²) >= 11 is 0. The minimum Gasteiger partial charge on any atom is -0.493 e. The molecule has 5 nitrogen and oxygen atoms in total. The summed E-state index contributed by atoms with van der Waals surface area (Å²) in [6.45, 7) is 5.38. The van der Waals surface area contributed by atoms with E-state index in [9.17, 15) is 9.18 Å². The van der Waals surface area contributed by atoms with Gasteiger partial charge in [-0.15, -0.1) is 0 Å². The zero-order valence-electron chi connectivity index (χ0n) is 21.3. The first-order valence-corrected chi connectivity index (χ1v) is 12.2. The van der Waals surface area contributed by atoms with Gasteiger partial charge in [-0.3, -0.25) is 4.79 Å². The topological polar surface area (TPSA) is 52.5 Å². The van der Waals surface area contributed by atoms with Crippen LogP contribution >= 0.6 is 0 Å². The standard InChI is InChI=1S/C30H33FN2O3/c1-20(2)17-32-30(34)16-25(22-11-14-28(35-3)29(15-22)36-4)26-19-33(27-8-6-5-7-24(26)27)18-21-9-12-23(31)13-10-21/h5-15,19-20,25H,16-18H2,1-4H3,(H,32,34)/t25-/m1/s1. The highest BCUT2D eigenvalue weighted by Gasteiger charge is 2.24. The molecule has 0 aliphatic rings. The predicted octanol–water partition coefficient (Wildman–Crippen LogP) is 6.14. The minimum absolute atomic E-state index is 0.00106. The van der Waals surface area contributed by atoms with E-state index < -0.39 is 0 Å². The molecule has 6 heteroatoms. The van der Waals surface area contributed by atoms with Gasteiger partial charge in [0.05, 0.1) is 14.2 Å². The molecule has 0 radical (unpaired) electrons. The fraction of sp³-hybridized carbons (Fsp3) is 0.300. The zero-order chi connectivity index (χ0) is 25.7. The Balaban J connectivity index is 1.79. The molecule has 0 aliphatic carbocycles.